The highest BCUT2D eigenvalue weighted by atomic mass is 35.5. The number of nitrogen functional groups attached to an aromatic ring is 1. The van der Waals surface area contributed by atoms with Gasteiger partial charge in [0.25, 0.3) is 5.91 Å². The van der Waals surface area contributed by atoms with Gasteiger partial charge in [0.05, 0.1) is 18.4 Å². The molecule has 0 bridgehead atoms. The number of hydrogen-bond donors (Lipinski definition) is 2. The maximum atomic E-state index is 12.1. The molecule has 1 heterocycles. The molecule has 1 aromatic carbocycles. The molecule has 1 aromatic heterocycles. The van der Waals surface area contributed by atoms with Crippen LogP contribution in [0.3, 0.4) is 0 Å². The Morgan fingerprint density at radius 1 is 1.42 bits per heavy atom. The predicted molar refractivity (Wildman–Crippen MR) is 74.6 cm³/mol. The van der Waals surface area contributed by atoms with Crippen LogP contribution in [-0.4, -0.2) is 18.0 Å². The summed E-state index contributed by atoms with van der Waals surface area (Å²) in [5.41, 5.74) is 6.97. The van der Waals surface area contributed by atoms with E-state index in [1.807, 2.05) is 0 Å². The molecule has 0 saturated carbocycles. The minimum atomic E-state index is -0.341. The number of aromatic nitrogens is 1. The molecule has 6 heteroatoms. The van der Waals surface area contributed by atoms with Crippen molar-refractivity contribution in [3.05, 3.63) is 47.2 Å². The van der Waals surface area contributed by atoms with Crippen LogP contribution in [0.5, 0.6) is 5.75 Å². The maximum Gasteiger partial charge on any atom is 0.259 e. The van der Waals surface area contributed by atoms with E-state index in [0.717, 1.165) is 0 Å². The number of carbonyl (C=O) groups is 1. The lowest BCUT2D eigenvalue weighted by Crippen LogP contribution is -2.13. The van der Waals surface area contributed by atoms with Gasteiger partial charge in [-0.05, 0) is 24.3 Å². The lowest BCUT2D eigenvalue weighted by atomic mass is 10.1. The largest absolute Gasteiger partial charge is 0.496 e. The number of amides is 1. The molecule has 2 rings (SSSR count). The van der Waals surface area contributed by atoms with Crippen LogP contribution in [0.25, 0.3) is 0 Å². The fraction of sp³-hybridized carbons (Fsp3) is 0.0769. The second kappa shape index (κ2) is 5.58. The Kier molecular flexibility index (Phi) is 3.87. The molecule has 5 nitrogen and oxygen atoms in total. The Bertz CT molecular complexity index is 617. The van der Waals surface area contributed by atoms with Crippen LogP contribution in [0.2, 0.25) is 5.15 Å². The molecule has 0 saturated heterocycles. The molecule has 2 aromatic rings. The molecule has 98 valence electrons. The first-order valence-corrected chi connectivity index (χ1v) is 5.85. The van der Waals surface area contributed by atoms with Gasteiger partial charge in [0.1, 0.15) is 5.75 Å². The summed E-state index contributed by atoms with van der Waals surface area (Å²) >= 11 is 5.88. The number of nitrogens with two attached hydrogens (primary N) is 1. The van der Waals surface area contributed by atoms with Gasteiger partial charge in [0.15, 0.2) is 5.15 Å². The summed E-state index contributed by atoms with van der Waals surface area (Å²) < 4.78 is 5.13. The minimum Gasteiger partial charge on any atom is -0.496 e. The van der Waals surface area contributed by atoms with E-state index in [1.54, 1.807) is 36.5 Å². The lowest BCUT2D eigenvalue weighted by molar-refractivity contribution is 0.102. The van der Waals surface area contributed by atoms with Crippen molar-refractivity contribution >= 4 is 28.9 Å². The number of benzene rings is 1. The molecule has 1 amide bonds. The van der Waals surface area contributed by atoms with Crippen LogP contribution in [0, 0.1) is 0 Å². The zero-order valence-electron chi connectivity index (χ0n) is 10.2. The van der Waals surface area contributed by atoms with Crippen molar-refractivity contribution in [2.24, 2.45) is 0 Å². The van der Waals surface area contributed by atoms with Crippen molar-refractivity contribution < 1.29 is 9.53 Å². The van der Waals surface area contributed by atoms with Crippen molar-refractivity contribution in [1.29, 1.82) is 0 Å². The summed E-state index contributed by atoms with van der Waals surface area (Å²) in [6.07, 6.45) is 1.54. The van der Waals surface area contributed by atoms with Gasteiger partial charge in [-0.1, -0.05) is 11.6 Å². The quantitative estimate of drug-likeness (QED) is 0.668. The Balaban J connectivity index is 2.28. The van der Waals surface area contributed by atoms with E-state index in [4.69, 9.17) is 22.1 Å². The van der Waals surface area contributed by atoms with E-state index in [9.17, 15) is 4.79 Å². The number of nitrogens with zero attached hydrogens (tertiary/aromatic N) is 1. The molecule has 19 heavy (non-hydrogen) atoms. The normalized spacial score (nSPS) is 10.0. The summed E-state index contributed by atoms with van der Waals surface area (Å²) in [6.45, 7) is 0. The van der Waals surface area contributed by atoms with Gasteiger partial charge in [0.2, 0.25) is 0 Å². The van der Waals surface area contributed by atoms with Crippen LogP contribution >= 0.6 is 11.6 Å². The Morgan fingerprint density at radius 2 is 2.21 bits per heavy atom. The van der Waals surface area contributed by atoms with Crippen LogP contribution in [0.4, 0.5) is 11.4 Å². The van der Waals surface area contributed by atoms with Gasteiger partial charge in [-0.25, -0.2) is 4.98 Å². The zero-order valence-corrected chi connectivity index (χ0v) is 10.9. The number of nitrogens with one attached hydrogen (secondary N) is 1. The molecule has 0 atom stereocenters. The molecule has 3 N–H and O–H groups in total. The average Bonchev–Trinajstić information content (AvgIpc) is 2.41. The Hall–Kier alpha value is -2.27. The average molecular weight is 278 g/mol. The van der Waals surface area contributed by atoms with Gasteiger partial charge < -0.3 is 15.8 Å². The fourth-order valence-electron chi connectivity index (χ4n) is 1.56. The van der Waals surface area contributed by atoms with Crippen LogP contribution in [0.1, 0.15) is 10.4 Å². The molecule has 0 fully saturated rings. The van der Waals surface area contributed by atoms with E-state index in [0.29, 0.717) is 22.7 Å². The fourth-order valence-corrected chi connectivity index (χ4v) is 1.73. The molecule has 0 aliphatic rings. The van der Waals surface area contributed by atoms with Gasteiger partial charge in [-0.3, -0.25) is 4.79 Å². The molecule has 0 aliphatic heterocycles. The first kappa shape index (κ1) is 13.2. The van der Waals surface area contributed by atoms with Gasteiger partial charge in [-0.2, -0.15) is 0 Å². The monoisotopic (exact) mass is 277 g/mol. The van der Waals surface area contributed by atoms with Gasteiger partial charge >= 0.3 is 0 Å². The summed E-state index contributed by atoms with van der Waals surface area (Å²) in [5.74, 6) is 0.0595. The summed E-state index contributed by atoms with van der Waals surface area (Å²) in [4.78, 5) is 16.0. The Labute approximate surface area is 115 Å². The van der Waals surface area contributed by atoms with E-state index in [2.05, 4.69) is 10.3 Å². The third kappa shape index (κ3) is 2.95. The van der Waals surface area contributed by atoms with E-state index in [1.165, 1.54) is 7.11 Å². The number of anilines is 2. The van der Waals surface area contributed by atoms with Crippen LogP contribution in [-0.2, 0) is 0 Å². The van der Waals surface area contributed by atoms with Crippen molar-refractivity contribution in [3.63, 3.8) is 0 Å². The zero-order chi connectivity index (χ0) is 13.8. The maximum absolute atomic E-state index is 12.1. The van der Waals surface area contributed by atoms with Crippen LogP contribution < -0.4 is 15.8 Å². The van der Waals surface area contributed by atoms with E-state index in [-0.39, 0.29) is 11.1 Å². The smallest absolute Gasteiger partial charge is 0.259 e. The van der Waals surface area contributed by atoms with Crippen molar-refractivity contribution in [2.75, 3.05) is 18.2 Å². The summed E-state index contributed by atoms with van der Waals surface area (Å²) in [7, 11) is 1.47. The van der Waals surface area contributed by atoms with Crippen LogP contribution in [0.15, 0.2) is 36.5 Å². The number of carbonyl (C=O) groups excluding carboxylic acids is 1. The molecule has 0 aliphatic carbocycles. The molecule has 0 spiro atoms. The highest BCUT2D eigenvalue weighted by Crippen LogP contribution is 2.24. The number of rotatable bonds is 3. The second-order valence-electron chi connectivity index (χ2n) is 3.76. The first-order chi connectivity index (χ1) is 9.11. The van der Waals surface area contributed by atoms with Crippen molar-refractivity contribution in [3.8, 4) is 5.75 Å². The van der Waals surface area contributed by atoms with E-state index >= 15 is 0 Å². The van der Waals surface area contributed by atoms with Crippen molar-refractivity contribution in [2.45, 2.75) is 0 Å². The standard InChI is InChI=1S/C13H12ClN3O2/c1-19-11-7-8(15)4-5-9(11)13(18)17-10-3-2-6-16-12(10)14/h2-7H,15H2,1H3,(H,17,18). The molecular formula is C13H12ClN3O2. The third-order valence-corrected chi connectivity index (χ3v) is 2.78. The molecule has 0 unspecified atom stereocenters. The minimum absolute atomic E-state index is 0.227. The number of hydrogen-bond acceptors (Lipinski definition) is 4. The number of methoxy groups -OCH3 is 1. The number of ether oxygens (including phenoxy) is 1. The SMILES string of the molecule is COc1cc(N)ccc1C(=O)Nc1cccnc1Cl. The first-order valence-electron chi connectivity index (χ1n) is 5.47. The molecule has 0 radical (unpaired) electrons. The highest BCUT2D eigenvalue weighted by molar-refractivity contribution is 6.32. The Morgan fingerprint density at radius 3 is 2.89 bits per heavy atom. The number of pyridine rings is 1. The summed E-state index contributed by atoms with van der Waals surface area (Å²) in [5, 5.41) is 2.89. The second-order valence-corrected chi connectivity index (χ2v) is 4.11. The predicted octanol–water partition coefficient (Wildman–Crippen LogP) is 2.58. The van der Waals surface area contributed by atoms with Crippen molar-refractivity contribution in [1.82, 2.24) is 4.98 Å². The lowest BCUT2D eigenvalue weighted by Gasteiger charge is -2.10. The van der Waals surface area contributed by atoms with Gasteiger partial charge in [-0.15, -0.1) is 0 Å². The third-order valence-electron chi connectivity index (χ3n) is 2.48. The number of halogens is 1. The topological polar surface area (TPSA) is 77.2 Å². The molecular weight excluding hydrogens is 266 g/mol. The summed E-state index contributed by atoms with van der Waals surface area (Å²) in [6, 6.07) is 8.15. The highest BCUT2D eigenvalue weighted by Gasteiger charge is 2.14. The van der Waals surface area contributed by atoms with Gasteiger partial charge in [0, 0.05) is 18.0 Å². The van der Waals surface area contributed by atoms with E-state index < -0.39 is 0 Å².